The van der Waals surface area contributed by atoms with E-state index >= 15 is 0 Å². The highest BCUT2D eigenvalue weighted by Gasteiger charge is 2.27. The fraction of sp³-hybridized carbons (Fsp3) is 0.643. The van der Waals surface area contributed by atoms with Crippen molar-refractivity contribution in [3.63, 3.8) is 0 Å². The van der Waals surface area contributed by atoms with Gasteiger partial charge < -0.3 is 9.64 Å². The number of hydrogen-bond acceptors (Lipinski definition) is 3. The average molecular weight is 269 g/mol. The van der Waals surface area contributed by atoms with Crippen molar-refractivity contribution in [1.29, 1.82) is 0 Å². The number of nitrogens with zero attached hydrogens (tertiary/aromatic N) is 2. The number of anilines is 1. The first-order valence-electron chi connectivity index (χ1n) is 6.77. The van der Waals surface area contributed by atoms with Crippen LogP contribution in [0.3, 0.4) is 0 Å². The van der Waals surface area contributed by atoms with Crippen molar-refractivity contribution in [2.75, 3.05) is 23.9 Å². The highest BCUT2D eigenvalue weighted by Crippen LogP contribution is 2.33. The van der Waals surface area contributed by atoms with Crippen LogP contribution in [0.5, 0.6) is 5.75 Å². The first-order chi connectivity index (χ1) is 8.86. The van der Waals surface area contributed by atoms with E-state index in [1.807, 2.05) is 25.3 Å². The van der Waals surface area contributed by atoms with Gasteiger partial charge >= 0.3 is 0 Å². The molecule has 3 nitrogen and oxygen atoms in total. The number of hydrogen-bond donors (Lipinski definition) is 0. The summed E-state index contributed by atoms with van der Waals surface area (Å²) in [6.07, 6.45) is 6.52. The summed E-state index contributed by atoms with van der Waals surface area (Å²) in [6, 6.07) is 4.50. The summed E-state index contributed by atoms with van der Waals surface area (Å²) >= 11 is 5.80. The van der Waals surface area contributed by atoms with Crippen LogP contribution in [0.15, 0.2) is 18.3 Å². The Hall–Kier alpha value is -0.960. The van der Waals surface area contributed by atoms with Crippen LogP contribution in [0.1, 0.15) is 32.6 Å². The molecule has 1 aromatic heterocycles. The predicted octanol–water partition coefficient (Wildman–Crippen LogP) is 3.47. The summed E-state index contributed by atoms with van der Waals surface area (Å²) in [4.78, 5) is 6.89. The Morgan fingerprint density at radius 1 is 1.56 bits per heavy atom. The highest BCUT2D eigenvalue weighted by atomic mass is 35.5. The van der Waals surface area contributed by atoms with E-state index in [-0.39, 0.29) is 0 Å². The molecule has 0 aliphatic carbocycles. The molecule has 1 saturated heterocycles. The SMILES string of the molecule is CCOc1cccnc1N1CCCC1CCCCl. The zero-order valence-electron chi connectivity index (χ0n) is 10.9. The van der Waals surface area contributed by atoms with E-state index in [2.05, 4.69) is 9.88 Å². The predicted molar refractivity (Wildman–Crippen MR) is 75.7 cm³/mol. The van der Waals surface area contributed by atoms with Gasteiger partial charge in [0.1, 0.15) is 0 Å². The Balaban J connectivity index is 2.13. The molecule has 1 fully saturated rings. The largest absolute Gasteiger partial charge is 0.490 e. The lowest BCUT2D eigenvalue weighted by Crippen LogP contribution is -2.30. The monoisotopic (exact) mass is 268 g/mol. The molecule has 1 aliphatic heterocycles. The normalized spacial score (nSPS) is 19.2. The highest BCUT2D eigenvalue weighted by molar-refractivity contribution is 6.17. The molecular formula is C14H21ClN2O. The lowest BCUT2D eigenvalue weighted by atomic mass is 10.1. The van der Waals surface area contributed by atoms with Gasteiger partial charge in [-0.1, -0.05) is 0 Å². The Morgan fingerprint density at radius 2 is 2.44 bits per heavy atom. The lowest BCUT2D eigenvalue weighted by Gasteiger charge is -2.27. The molecule has 0 saturated carbocycles. The van der Waals surface area contributed by atoms with Crippen LogP contribution in [0.25, 0.3) is 0 Å². The summed E-state index contributed by atoms with van der Waals surface area (Å²) in [5.41, 5.74) is 0. The molecule has 4 heteroatoms. The minimum atomic E-state index is 0.567. The molecule has 1 aromatic rings. The second kappa shape index (κ2) is 6.83. The van der Waals surface area contributed by atoms with Crippen LogP contribution in [0.4, 0.5) is 5.82 Å². The minimum absolute atomic E-state index is 0.567. The molecule has 0 spiro atoms. The van der Waals surface area contributed by atoms with Gasteiger partial charge in [-0.25, -0.2) is 4.98 Å². The Bertz CT molecular complexity index is 373. The third kappa shape index (κ3) is 3.08. The van der Waals surface area contributed by atoms with Crippen LogP contribution >= 0.6 is 11.6 Å². The first kappa shape index (κ1) is 13.5. The zero-order valence-corrected chi connectivity index (χ0v) is 11.7. The van der Waals surface area contributed by atoms with E-state index in [9.17, 15) is 0 Å². The van der Waals surface area contributed by atoms with Gasteiger partial charge in [0.2, 0.25) is 0 Å². The summed E-state index contributed by atoms with van der Waals surface area (Å²) in [5.74, 6) is 2.64. The van der Waals surface area contributed by atoms with E-state index in [4.69, 9.17) is 16.3 Å². The van der Waals surface area contributed by atoms with Crippen molar-refractivity contribution >= 4 is 17.4 Å². The van der Waals surface area contributed by atoms with Crippen molar-refractivity contribution in [1.82, 2.24) is 4.98 Å². The second-order valence-corrected chi connectivity index (χ2v) is 4.96. The summed E-state index contributed by atoms with van der Waals surface area (Å²) in [7, 11) is 0. The van der Waals surface area contributed by atoms with E-state index in [0.29, 0.717) is 12.6 Å². The number of ether oxygens (including phenoxy) is 1. The zero-order chi connectivity index (χ0) is 12.8. The van der Waals surface area contributed by atoms with Crippen LogP contribution in [-0.4, -0.2) is 30.1 Å². The molecule has 0 radical (unpaired) electrons. The van der Waals surface area contributed by atoms with Crippen molar-refractivity contribution in [3.8, 4) is 5.75 Å². The molecule has 0 amide bonds. The topological polar surface area (TPSA) is 25.4 Å². The fourth-order valence-electron chi connectivity index (χ4n) is 2.59. The molecular weight excluding hydrogens is 248 g/mol. The van der Waals surface area contributed by atoms with Gasteiger partial charge in [0.25, 0.3) is 0 Å². The van der Waals surface area contributed by atoms with Crippen molar-refractivity contribution in [3.05, 3.63) is 18.3 Å². The quantitative estimate of drug-likeness (QED) is 0.739. The molecule has 2 heterocycles. The number of pyridine rings is 1. The third-order valence-corrected chi connectivity index (χ3v) is 3.64. The maximum absolute atomic E-state index is 5.80. The van der Waals surface area contributed by atoms with Crippen LogP contribution < -0.4 is 9.64 Å². The Labute approximate surface area is 114 Å². The molecule has 100 valence electrons. The number of aromatic nitrogens is 1. The van der Waals surface area contributed by atoms with Gasteiger partial charge in [0.15, 0.2) is 11.6 Å². The minimum Gasteiger partial charge on any atom is -0.490 e. The maximum Gasteiger partial charge on any atom is 0.171 e. The van der Waals surface area contributed by atoms with E-state index < -0.39 is 0 Å². The summed E-state index contributed by atoms with van der Waals surface area (Å²) in [6.45, 7) is 3.76. The fourth-order valence-corrected chi connectivity index (χ4v) is 2.75. The van der Waals surface area contributed by atoms with Gasteiger partial charge in [-0.15, -0.1) is 11.6 Å². The van der Waals surface area contributed by atoms with Gasteiger partial charge in [-0.2, -0.15) is 0 Å². The Kier molecular flexibility index (Phi) is 5.12. The van der Waals surface area contributed by atoms with Crippen molar-refractivity contribution in [2.24, 2.45) is 0 Å². The van der Waals surface area contributed by atoms with E-state index in [0.717, 1.165) is 36.8 Å². The molecule has 0 bridgehead atoms. The average Bonchev–Trinajstić information content (AvgIpc) is 2.85. The van der Waals surface area contributed by atoms with Crippen LogP contribution in [-0.2, 0) is 0 Å². The molecule has 0 aromatic carbocycles. The molecule has 2 rings (SSSR count). The standard InChI is InChI=1S/C14H21ClN2O/c1-2-18-13-8-4-10-16-14(13)17-11-5-7-12(17)6-3-9-15/h4,8,10,12H,2-3,5-7,9,11H2,1H3. The maximum atomic E-state index is 5.80. The van der Waals surface area contributed by atoms with Crippen LogP contribution in [0, 0.1) is 0 Å². The van der Waals surface area contributed by atoms with Gasteiger partial charge in [-0.05, 0) is 44.7 Å². The Morgan fingerprint density at radius 3 is 3.22 bits per heavy atom. The van der Waals surface area contributed by atoms with Crippen molar-refractivity contribution in [2.45, 2.75) is 38.6 Å². The molecule has 18 heavy (non-hydrogen) atoms. The number of rotatable bonds is 6. The molecule has 1 atom stereocenters. The molecule has 1 unspecified atom stereocenters. The molecule has 1 aliphatic rings. The third-order valence-electron chi connectivity index (χ3n) is 3.37. The number of alkyl halides is 1. The molecule has 0 N–H and O–H groups in total. The second-order valence-electron chi connectivity index (χ2n) is 4.58. The first-order valence-corrected chi connectivity index (χ1v) is 7.30. The lowest BCUT2D eigenvalue weighted by molar-refractivity contribution is 0.338. The summed E-state index contributed by atoms with van der Waals surface area (Å²) in [5, 5.41) is 0. The van der Waals surface area contributed by atoms with Gasteiger partial charge in [-0.3, -0.25) is 0 Å². The number of halogens is 1. The summed E-state index contributed by atoms with van der Waals surface area (Å²) < 4.78 is 5.67. The smallest absolute Gasteiger partial charge is 0.171 e. The van der Waals surface area contributed by atoms with E-state index in [1.165, 1.54) is 12.8 Å². The van der Waals surface area contributed by atoms with E-state index in [1.54, 1.807) is 0 Å². The van der Waals surface area contributed by atoms with Crippen molar-refractivity contribution < 1.29 is 4.74 Å². The van der Waals surface area contributed by atoms with Gasteiger partial charge in [0, 0.05) is 24.7 Å². The van der Waals surface area contributed by atoms with Crippen LogP contribution in [0.2, 0.25) is 0 Å². The van der Waals surface area contributed by atoms with Gasteiger partial charge in [0.05, 0.1) is 6.61 Å².